The number of aryl methyl sites for hydroxylation is 1. The van der Waals surface area contributed by atoms with Crippen molar-refractivity contribution in [3.63, 3.8) is 0 Å². The molecule has 48 heavy (non-hydrogen) atoms. The van der Waals surface area contributed by atoms with Crippen molar-refractivity contribution in [3.8, 4) is 11.5 Å². The highest BCUT2D eigenvalue weighted by molar-refractivity contribution is 7.97. The smallest absolute Gasteiger partial charge is 0.258 e. The molecule has 1 aliphatic rings. The zero-order valence-electron chi connectivity index (χ0n) is 26.0. The van der Waals surface area contributed by atoms with Crippen LogP contribution in [-0.2, 0) is 17.9 Å². The van der Waals surface area contributed by atoms with Gasteiger partial charge in [-0.2, -0.15) is 0 Å². The Morgan fingerprint density at radius 2 is 1.67 bits per heavy atom. The largest absolute Gasteiger partial charge is 0.478 e. The number of carbonyl (C=O) groups excluding carboxylic acids is 2. The second kappa shape index (κ2) is 13.5. The van der Waals surface area contributed by atoms with Crippen molar-refractivity contribution in [1.82, 2.24) is 14.9 Å². The molecule has 0 atom stereocenters. The second-order valence-corrected chi connectivity index (χ2v) is 13.3. The van der Waals surface area contributed by atoms with Crippen LogP contribution >= 0.6 is 23.4 Å². The van der Waals surface area contributed by atoms with Crippen LogP contribution in [0.25, 0.3) is 10.9 Å². The van der Waals surface area contributed by atoms with Crippen molar-refractivity contribution < 1.29 is 22.9 Å². The molecule has 3 heterocycles. The molecule has 8 nitrogen and oxygen atoms in total. The van der Waals surface area contributed by atoms with Crippen LogP contribution in [0.15, 0.2) is 107 Å². The van der Waals surface area contributed by atoms with E-state index in [2.05, 4.69) is 10.3 Å². The summed E-state index contributed by atoms with van der Waals surface area (Å²) >= 11 is 2.42. The fourth-order valence-corrected chi connectivity index (χ4v) is 7.43. The number of nitrogens with one attached hydrogen (secondary N) is 1. The minimum atomic E-state index is -0.533. The maximum atomic E-state index is 14.4. The van der Waals surface area contributed by atoms with E-state index in [9.17, 15) is 14.0 Å². The highest BCUT2D eigenvalue weighted by Crippen LogP contribution is 2.48. The first-order valence-corrected chi connectivity index (χ1v) is 16.7. The van der Waals surface area contributed by atoms with Crippen molar-refractivity contribution in [1.29, 1.82) is 0 Å². The number of pyridine rings is 1. The highest BCUT2D eigenvalue weighted by Gasteiger charge is 2.38. The van der Waals surface area contributed by atoms with Crippen LogP contribution < -0.4 is 14.2 Å². The molecular weight excluding hydrogens is 648 g/mol. The van der Waals surface area contributed by atoms with Gasteiger partial charge in [0.05, 0.1) is 17.8 Å². The maximum Gasteiger partial charge on any atom is 0.258 e. The number of hydrogen-bond donors (Lipinski definition) is 1. The number of hydrogen-bond acceptors (Lipinski definition) is 8. The number of benzene rings is 4. The van der Waals surface area contributed by atoms with Crippen LogP contribution in [-0.4, -0.2) is 26.7 Å². The van der Waals surface area contributed by atoms with E-state index in [1.165, 1.54) is 30.4 Å². The van der Waals surface area contributed by atoms with E-state index in [4.69, 9.17) is 13.9 Å². The van der Waals surface area contributed by atoms with Gasteiger partial charge in [0.15, 0.2) is 16.6 Å². The minimum Gasteiger partial charge on any atom is -0.478 e. The zero-order chi connectivity index (χ0) is 33.2. The topological polar surface area (TPSA) is 93.6 Å². The molecule has 0 saturated carbocycles. The first-order valence-electron chi connectivity index (χ1n) is 15.2. The molecule has 0 radical (unpaired) electrons. The van der Waals surface area contributed by atoms with E-state index in [1.807, 2.05) is 79.7 Å². The molecule has 0 fully saturated rings. The van der Waals surface area contributed by atoms with Gasteiger partial charge in [0, 0.05) is 30.6 Å². The molecule has 7 rings (SSSR count). The quantitative estimate of drug-likeness (QED) is 0.145. The number of nitrogens with zero attached hydrogens (tertiary/aromatic N) is 3. The molecule has 1 aliphatic heterocycles. The third-order valence-electron chi connectivity index (χ3n) is 7.89. The van der Waals surface area contributed by atoms with Crippen molar-refractivity contribution in [2.45, 2.75) is 37.3 Å². The van der Waals surface area contributed by atoms with Crippen LogP contribution in [0.3, 0.4) is 0 Å². The maximum absolute atomic E-state index is 14.4. The normalized spacial score (nSPS) is 12.4. The van der Waals surface area contributed by atoms with Crippen molar-refractivity contribution in [2.75, 3.05) is 5.32 Å². The molecule has 0 saturated heterocycles. The van der Waals surface area contributed by atoms with Gasteiger partial charge in [-0.05, 0) is 47.9 Å². The summed E-state index contributed by atoms with van der Waals surface area (Å²) in [6.45, 7) is 3.78. The molecule has 2 amide bonds. The van der Waals surface area contributed by atoms with Gasteiger partial charge < -0.3 is 19.1 Å². The Morgan fingerprint density at radius 3 is 2.33 bits per heavy atom. The third kappa shape index (κ3) is 6.34. The van der Waals surface area contributed by atoms with E-state index >= 15 is 0 Å². The van der Waals surface area contributed by atoms with E-state index in [0.717, 1.165) is 32.9 Å². The highest BCUT2D eigenvalue weighted by atomic mass is 32.2. The molecule has 1 N–H and O–H groups in total. The second-order valence-electron chi connectivity index (χ2n) is 11.3. The number of rotatable bonds is 10. The Hall–Kier alpha value is -5.26. The first kappa shape index (κ1) is 31.3. The summed E-state index contributed by atoms with van der Waals surface area (Å²) in [5.74, 6) is 0.0575. The van der Waals surface area contributed by atoms with Crippen LogP contribution in [0.2, 0.25) is 0 Å². The first-order chi connectivity index (χ1) is 23.4. The number of anilines is 1. The van der Waals surface area contributed by atoms with E-state index in [0.29, 0.717) is 44.4 Å². The number of thiazole rings is 1. The predicted octanol–water partition coefficient (Wildman–Crippen LogP) is 8.51. The SMILES string of the molecule is CC(=O)Nc1nc(C)c(SOc2c3c(c(OC(c4ccccc4)c4ccccc4)c4ncccc24)C(=O)N(Cc2ccc(F)cc2)C3)s1. The molecule has 4 aromatic carbocycles. The molecule has 240 valence electrons. The monoisotopic (exact) mass is 676 g/mol. The summed E-state index contributed by atoms with van der Waals surface area (Å²) in [5.41, 5.74) is 4.85. The lowest BCUT2D eigenvalue weighted by molar-refractivity contribution is -0.114. The Morgan fingerprint density at radius 1 is 0.979 bits per heavy atom. The summed E-state index contributed by atoms with van der Waals surface area (Å²) in [4.78, 5) is 36.9. The molecule has 11 heteroatoms. The number of amides is 2. The summed E-state index contributed by atoms with van der Waals surface area (Å²) in [5, 5.41) is 3.88. The number of ether oxygens (including phenoxy) is 1. The van der Waals surface area contributed by atoms with Crippen LogP contribution in [0.4, 0.5) is 9.52 Å². The summed E-state index contributed by atoms with van der Waals surface area (Å²) in [6, 6.07) is 29.6. The summed E-state index contributed by atoms with van der Waals surface area (Å²) < 4.78 is 27.9. The number of carbonyl (C=O) groups is 2. The van der Waals surface area contributed by atoms with E-state index in [-0.39, 0.29) is 30.7 Å². The standard InChI is InChI=1S/C37H29FN4O4S2/c1-22-36(47-37(40-22)41-23(2)43)48-46-33-28-14-9-19-39-31(28)34(45-32(25-10-5-3-6-11-25)26-12-7-4-8-13-26)30-29(33)21-42(35(30)44)20-24-15-17-27(38)18-16-24/h3-19,32H,20-21H2,1-2H3,(H,40,41,43). The average molecular weight is 677 g/mol. The van der Waals surface area contributed by atoms with Crippen LogP contribution in [0.1, 0.15) is 51.3 Å². The van der Waals surface area contributed by atoms with Crippen LogP contribution in [0.5, 0.6) is 11.5 Å². The third-order valence-corrected chi connectivity index (χ3v) is 9.90. The van der Waals surface area contributed by atoms with Crippen molar-refractivity contribution in [2.24, 2.45) is 0 Å². The Balaban J connectivity index is 1.35. The molecule has 0 bridgehead atoms. The average Bonchev–Trinajstić information content (AvgIpc) is 3.61. The van der Waals surface area contributed by atoms with Gasteiger partial charge in [0.1, 0.15) is 33.7 Å². The van der Waals surface area contributed by atoms with Gasteiger partial charge in [0.2, 0.25) is 5.91 Å². The van der Waals surface area contributed by atoms with E-state index < -0.39 is 6.10 Å². The molecule has 0 aliphatic carbocycles. The van der Waals surface area contributed by atoms with Gasteiger partial charge in [0.25, 0.3) is 5.91 Å². The zero-order valence-corrected chi connectivity index (χ0v) is 27.6. The van der Waals surface area contributed by atoms with Gasteiger partial charge in [-0.3, -0.25) is 14.6 Å². The number of fused-ring (bicyclic) bond motifs is 2. The Bertz CT molecular complexity index is 2090. The lowest BCUT2D eigenvalue weighted by Gasteiger charge is -2.23. The lowest BCUT2D eigenvalue weighted by Crippen LogP contribution is -2.23. The molecule has 2 aromatic heterocycles. The molecule has 6 aromatic rings. The Kier molecular flexibility index (Phi) is 8.79. The fraction of sp³-hybridized carbons (Fsp3) is 0.135. The Labute approximate surface area is 284 Å². The van der Waals surface area contributed by atoms with Crippen molar-refractivity contribution >= 4 is 51.2 Å². The van der Waals surface area contributed by atoms with E-state index in [1.54, 1.807) is 23.2 Å². The van der Waals surface area contributed by atoms with Gasteiger partial charge >= 0.3 is 0 Å². The number of aromatic nitrogens is 2. The van der Waals surface area contributed by atoms with Gasteiger partial charge in [-0.15, -0.1) is 0 Å². The molecule has 0 unspecified atom stereocenters. The van der Waals surface area contributed by atoms with Crippen LogP contribution in [0, 0.1) is 12.7 Å². The molecule has 0 spiro atoms. The predicted molar refractivity (Wildman–Crippen MR) is 185 cm³/mol. The molecular formula is C37H29FN4O4S2. The van der Waals surface area contributed by atoms with Gasteiger partial charge in [-0.25, -0.2) is 9.37 Å². The van der Waals surface area contributed by atoms with Crippen molar-refractivity contribution in [3.05, 3.63) is 143 Å². The summed E-state index contributed by atoms with van der Waals surface area (Å²) in [7, 11) is 0. The minimum absolute atomic E-state index is 0.212. The van der Waals surface area contributed by atoms with Gasteiger partial charge in [-0.1, -0.05) is 84.1 Å². The number of halogens is 1. The fourth-order valence-electron chi connectivity index (χ4n) is 5.69. The summed E-state index contributed by atoms with van der Waals surface area (Å²) in [6.07, 6.45) is 1.13. The lowest BCUT2D eigenvalue weighted by atomic mass is 9.99.